The highest BCUT2D eigenvalue weighted by Crippen LogP contribution is 2.22. The molecular weight excluding hydrogens is 312 g/mol. The van der Waals surface area contributed by atoms with Crippen molar-refractivity contribution in [3.63, 3.8) is 0 Å². The van der Waals surface area contributed by atoms with Gasteiger partial charge in [-0.1, -0.05) is 26.0 Å². The third kappa shape index (κ3) is 4.20. The van der Waals surface area contributed by atoms with Crippen LogP contribution >= 0.6 is 0 Å². The molecule has 1 atom stereocenters. The van der Waals surface area contributed by atoms with E-state index in [-0.39, 0.29) is 16.7 Å². The summed E-state index contributed by atoms with van der Waals surface area (Å²) in [6.07, 6.45) is 6.68. The maximum Gasteiger partial charge on any atom is 0.243 e. The first kappa shape index (κ1) is 17.7. The summed E-state index contributed by atoms with van der Waals surface area (Å²) in [4.78, 5) is 12.4. The molecule has 126 valence electrons. The van der Waals surface area contributed by atoms with Gasteiger partial charge in [-0.25, -0.2) is 8.42 Å². The summed E-state index contributed by atoms with van der Waals surface area (Å²) in [5.41, 5.74) is 0.628. The maximum atomic E-state index is 12.4. The van der Waals surface area contributed by atoms with Crippen LogP contribution < -0.4 is 5.32 Å². The van der Waals surface area contributed by atoms with Gasteiger partial charge in [-0.15, -0.1) is 0 Å². The summed E-state index contributed by atoms with van der Waals surface area (Å²) in [7, 11) is -3.46. The third-order valence-corrected chi connectivity index (χ3v) is 6.17. The van der Waals surface area contributed by atoms with Gasteiger partial charge in [-0.05, 0) is 43.5 Å². The zero-order valence-electron chi connectivity index (χ0n) is 13.7. The van der Waals surface area contributed by atoms with Crippen molar-refractivity contribution in [3.05, 3.63) is 36.4 Å². The first-order valence-electron chi connectivity index (χ1n) is 8.05. The Morgan fingerprint density at radius 1 is 1.17 bits per heavy atom. The Morgan fingerprint density at radius 2 is 1.83 bits per heavy atom. The number of anilines is 1. The van der Waals surface area contributed by atoms with E-state index in [4.69, 9.17) is 0 Å². The Balaban J connectivity index is 2.07. The van der Waals surface area contributed by atoms with Crippen molar-refractivity contribution in [2.45, 2.75) is 38.0 Å². The van der Waals surface area contributed by atoms with E-state index in [1.165, 1.54) is 4.31 Å². The SMILES string of the molecule is CCN(CC)S(=O)(=O)c1ccc(NC(=O)[C@H]2CC=CCC2)cc1. The van der Waals surface area contributed by atoms with Crippen LogP contribution in [0.25, 0.3) is 0 Å². The van der Waals surface area contributed by atoms with Gasteiger partial charge in [0.05, 0.1) is 4.90 Å². The fourth-order valence-corrected chi connectivity index (χ4v) is 4.16. The van der Waals surface area contributed by atoms with E-state index in [1.54, 1.807) is 24.3 Å². The number of allylic oxidation sites excluding steroid dienone is 2. The summed E-state index contributed by atoms with van der Waals surface area (Å²) in [6.45, 7) is 4.50. The Bertz CT molecular complexity index is 662. The van der Waals surface area contributed by atoms with Crippen LogP contribution in [0.5, 0.6) is 0 Å². The number of carbonyl (C=O) groups excluding carboxylic acids is 1. The second-order valence-electron chi connectivity index (χ2n) is 5.58. The normalized spacial score (nSPS) is 18.1. The topological polar surface area (TPSA) is 66.5 Å². The molecule has 0 heterocycles. The molecule has 2 rings (SSSR count). The number of carbonyl (C=O) groups is 1. The average molecular weight is 336 g/mol. The van der Waals surface area contributed by atoms with Crippen LogP contribution in [-0.2, 0) is 14.8 Å². The van der Waals surface area contributed by atoms with Crippen LogP contribution in [0.1, 0.15) is 33.1 Å². The highest BCUT2D eigenvalue weighted by Gasteiger charge is 2.22. The zero-order chi connectivity index (χ0) is 16.9. The lowest BCUT2D eigenvalue weighted by Gasteiger charge is -2.19. The van der Waals surface area contributed by atoms with Crippen molar-refractivity contribution in [2.75, 3.05) is 18.4 Å². The Kier molecular flexibility index (Phi) is 5.96. The fourth-order valence-electron chi connectivity index (χ4n) is 2.70. The van der Waals surface area contributed by atoms with Crippen molar-refractivity contribution in [1.82, 2.24) is 4.31 Å². The van der Waals surface area contributed by atoms with E-state index in [1.807, 2.05) is 19.9 Å². The predicted molar refractivity (Wildman–Crippen MR) is 91.7 cm³/mol. The molecule has 23 heavy (non-hydrogen) atoms. The molecular formula is C17H24N2O3S. The second kappa shape index (κ2) is 7.75. The van der Waals surface area contributed by atoms with Gasteiger partial charge >= 0.3 is 0 Å². The van der Waals surface area contributed by atoms with E-state index >= 15 is 0 Å². The summed E-state index contributed by atoms with van der Waals surface area (Å²) in [6, 6.07) is 6.38. The van der Waals surface area contributed by atoms with Gasteiger partial charge in [0.1, 0.15) is 0 Å². The van der Waals surface area contributed by atoms with Crippen molar-refractivity contribution < 1.29 is 13.2 Å². The molecule has 0 saturated heterocycles. The highest BCUT2D eigenvalue weighted by atomic mass is 32.2. The summed E-state index contributed by atoms with van der Waals surface area (Å²) in [5.74, 6) is -0.00668. The average Bonchev–Trinajstić information content (AvgIpc) is 2.57. The predicted octanol–water partition coefficient (Wildman–Crippen LogP) is 3.01. The molecule has 1 aliphatic rings. The molecule has 0 saturated carbocycles. The van der Waals surface area contributed by atoms with E-state index in [0.717, 1.165) is 19.3 Å². The number of nitrogens with zero attached hydrogens (tertiary/aromatic N) is 1. The minimum Gasteiger partial charge on any atom is -0.326 e. The number of rotatable bonds is 6. The fraction of sp³-hybridized carbons (Fsp3) is 0.471. The Labute approximate surface area is 138 Å². The van der Waals surface area contributed by atoms with Gasteiger partial charge in [0.25, 0.3) is 0 Å². The minimum absolute atomic E-state index is 0.000849. The van der Waals surface area contributed by atoms with E-state index in [2.05, 4.69) is 11.4 Å². The lowest BCUT2D eigenvalue weighted by atomic mass is 9.93. The summed E-state index contributed by atoms with van der Waals surface area (Å²) in [5, 5.41) is 2.87. The van der Waals surface area contributed by atoms with Gasteiger partial charge in [0.2, 0.25) is 15.9 Å². The van der Waals surface area contributed by atoms with E-state index in [0.29, 0.717) is 18.8 Å². The first-order valence-corrected chi connectivity index (χ1v) is 9.49. The molecule has 0 unspecified atom stereocenters. The molecule has 1 N–H and O–H groups in total. The van der Waals surface area contributed by atoms with Crippen molar-refractivity contribution >= 4 is 21.6 Å². The van der Waals surface area contributed by atoms with Crippen molar-refractivity contribution in [3.8, 4) is 0 Å². The number of nitrogens with one attached hydrogen (secondary N) is 1. The van der Waals surface area contributed by atoms with Crippen LogP contribution in [0.15, 0.2) is 41.3 Å². The number of hydrogen-bond acceptors (Lipinski definition) is 3. The monoisotopic (exact) mass is 336 g/mol. The smallest absolute Gasteiger partial charge is 0.243 e. The van der Waals surface area contributed by atoms with Crippen LogP contribution in [0.2, 0.25) is 0 Å². The van der Waals surface area contributed by atoms with Crippen LogP contribution in [0.4, 0.5) is 5.69 Å². The van der Waals surface area contributed by atoms with Gasteiger partial charge < -0.3 is 5.32 Å². The van der Waals surface area contributed by atoms with Crippen LogP contribution in [-0.4, -0.2) is 31.7 Å². The van der Waals surface area contributed by atoms with Crippen molar-refractivity contribution in [2.24, 2.45) is 5.92 Å². The molecule has 5 nitrogen and oxygen atoms in total. The first-order chi connectivity index (χ1) is 11.0. The number of amides is 1. The number of benzene rings is 1. The highest BCUT2D eigenvalue weighted by molar-refractivity contribution is 7.89. The van der Waals surface area contributed by atoms with Gasteiger partial charge in [0, 0.05) is 24.7 Å². The quantitative estimate of drug-likeness (QED) is 0.812. The molecule has 1 amide bonds. The summed E-state index contributed by atoms with van der Waals surface area (Å²) >= 11 is 0. The molecule has 1 aliphatic carbocycles. The third-order valence-electron chi connectivity index (χ3n) is 4.10. The maximum absolute atomic E-state index is 12.4. The zero-order valence-corrected chi connectivity index (χ0v) is 14.5. The Morgan fingerprint density at radius 3 is 2.35 bits per heavy atom. The standard InChI is InChI=1S/C17H24N2O3S/c1-3-19(4-2)23(21,22)16-12-10-15(11-13-16)18-17(20)14-8-6-5-7-9-14/h5-6,10-14H,3-4,7-9H2,1-2H3,(H,18,20)/t14-/m0/s1. The largest absolute Gasteiger partial charge is 0.326 e. The molecule has 0 fully saturated rings. The lowest BCUT2D eigenvalue weighted by Crippen LogP contribution is -2.30. The molecule has 0 spiro atoms. The molecule has 1 aromatic carbocycles. The van der Waals surface area contributed by atoms with Gasteiger partial charge in [-0.2, -0.15) is 4.31 Å². The molecule has 1 aromatic rings. The van der Waals surface area contributed by atoms with Gasteiger partial charge in [-0.3, -0.25) is 4.79 Å². The Hall–Kier alpha value is -1.66. The molecule has 0 aliphatic heterocycles. The second-order valence-corrected chi connectivity index (χ2v) is 7.52. The van der Waals surface area contributed by atoms with Gasteiger partial charge in [0.15, 0.2) is 0 Å². The molecule has 0 aromatic heterocycles. The number of sulfonamides is 1. The number of hydrogen-bond donors (Lipinski definition) is 1. The molecule has 0 bridgehead atoms. The molecule has 6 heteroatoms. The summed E-state index contributed by atoms with van der Waals surface area (Å²) < 4.78 is 26.2. The van der Waals surface area contributed by atoms with E-state index < -0.39 is 10.0 Å². The lowest BCUT2D eigenvalue weighted by molar-refractivity contribution is -0.120. The molecule has 0 radical (unpaired) electrons. The minimum atomic E-state index is -3.46. The van der Waals surface area contributed by atoms with Crippen LogP contribution in [0, 0.1) is 5.92 Å². The van der Waals surface area contributed by atoms with Crippen LogP contribution in [0.3, 0.4) is 0 Å². The van der Waals surface area contributed by atoms with Crippen molar-refractivity contribution in [1.29, 1.82) is 0 Å². The van der Waals surface area contributed by atoms with E-state index in [9.17, 15) is 13.2 Å².